The summed E-state index contributed by atoms with van der Waals surface area (Å²) in [5.74, 6) is -1.45. The van der Waals surface area contributed by atoms with Crippen LogP contribution in [-0.2, 0) is 16.1 Å². The second-order valence-electron chi connectivity index (χ2n) is 8.67. The fraction of sp³-hybridized carbons (Fsp3) is 0.138. The molecule has 3 aromatic rings. The molecule has 37 heavy (non-hydrogen) atoms. The predicted molar refractivity (Wildman–Crippen MR) is 138 cm³/mol. The SMILES string of the molecule is O=C(/C=C/c1ccc(CNC(=O)c2ccc(/C=C(\C(=O)NC3CC3)c3ccc(F)cc3)cc2)cc1)NO. The number of benzene rings is 3. The van der Waals surface area contributed by atoms with Gasteiger partial charge >= 0.3 is 0 Å². The molecule has 0 heterocycles. The van der Waals surface area contributed by atoms with Gasteiger partial charge in [0.25, 0.3) is 17.7 Å². The molecule has 0 atom stereocenters. The number of hydroxylamine groups is 1. The molecule has 0 aliphatic heterocycles. The highest BCUT2D eigenvalue weighted by Crippen LogP contribution is 2.24. The normalized spacial score (nSPS) is 13.3. The van der Waals surface area contributed by atoms with Crippen LogP contribution in [0.25, 0.3) is 17.7 Å². The third-order valence-electron chi connectivity index (χ3n) is 5.77. The van der Waals surface area contributed by atoms with Gasteiger partial charge in [0.2, 0.25) is 0 Å². The van der Waals surface area contributed by atoms with Crippen molar-refractivity contribution >= 4 is 35.4 Å². The van der Waals surface area contributed by atoms with Gasteiger partial charge in [-0.05, 0) is 71.5 Å². The molecule has 8 heteroatoms. The maximum absolute atomic E-state index is 13.4. The van der Waals surface area contributed by atoms with Crippen LogP contribution in [0.3, 0.4) is 0 Å². The van der Waals surface area contributed by atoms with Crippen LogP contribution in [0, 0.1) is 5.82 Å². The lowest BCUT2D eigenvalue weighted by molar-refractivity contribution is -0.124. The summed E-state index contributed by atoms with van der Waals surface area (Å²) in [4.78, 5) is 36.5. The standard InChI is InChI=1S/C29H26FN3O4/c30-24-12-10-22(11-13-24)26(29(36)32-25-14-15-25)17-20-5-8-23(9-6-20)28(35)31-18-21-3-1-19(2-4-21)7-16-27(34)33-37/h1-13,16-17,25,37H,14-15,18H2,(H,31,35)(H,32,36)(H,33,34)/b16-7+,26-17-. The molecule has 1 aliphatic carbocycles. The van der Waals surface area contributed by atoms with Crippen molar-refractivity contribution in [1.29, 1.82) is 0 Å². The van der Waals surface area contributed by atoms with E-state index in [4.69, 9.17) is 5.21 Å². The summed E-state index contributed by atoms with van der Waals surface area (Å²) >= 11 is 0. The Kier molecular flexibility index (Phi) is 8.22. The molecule has 1 fully saturated rings. The van der Waals surface area contributed by atoms with E-state index in [1.165, 1.54) is 23.7 Å². The zero-order chi connectivity index (χ0) is 26.2. The highest BCUT2D eigenvalue weighted by atomic mass is 19.1. The van der Waals surface area contributed by atoms with Gasteiger partial charge in [0.15, 0.2) is 0 Å². The molecule has 0 unspecified atom stereocenters. The van der Waals surface area contributed by atoms with Gasteiger partial charge in [-0.2, -0.15) is 0 Å². The summed E-state index contributed by atoms with van der Waals surface area (Å²) in [7, 11) is 0. The number of carbonyl (C=O) groups is 3. The maximum atomic E-state index is 13.4. The molecule has 3 aromatic carbocycles. The van der Waals surface area contributed by atoms with Gasteiger partial charge in [-0.15, -0.1) is 0 Å². The molecular formula is C29H26FN3O4. The van der Waals surface area contributed by atoms with Gasteiger partial charge in [0.1, 0.15) is 5.82 Å². The minimum Gasteiger partial charge on any atom is -0.349 e. The summed E-state index contributed by atoms with van der Waals surface area (Å²) in [6, 6.07) is 20.1. The number of rotatable bonds is 9. The average molecular weight is 500 g/mol. The third kappa shape index (κ3) is 7.46. The predicted octanol–water partition coefficient (Wildman–Crippen LogP) is 4.09. The van der Waals surface area contributed by atoms with E-state index in [9.17, 15) is 18.8 Å². The first-order chi connectivity index (χ1) is 17.9. The Morgan fingerprint density at radius 3 is 2.11 bits per heavy atom. The summed E-state index contributed by atoms with van der Waals surface area (Å²) in [6.07, 6.45) is 6.40. The molecule has 0 aromatic heterocycles. The van der Waals surface area contributed by atoms with Crippen molar-refractivity contribution in [2.45, 2.75) is 25.4 Å². The van der Waals surface area contributed by atoms with E-state index in [0.717, 1.165) is 29.5 Å². The molecule has 0 spiro atoms. The third-order valence-corrected chi connectivity index (χ3v) is 5.77. The molecule has 4 N–H and O–H groups in total. The van der Waals surface area contributed by atoms with Crippen molar-refractivity contribution in [3.8, 4) is 0 Å². The Labute approximate surface area is 213 Å². The molecule has 1 saturated carbocycles. The molecule has 3 amide bonds. The number of hydrogen-bond donors (Lipinski definition) is 4. The molecule has 7 nitrogen and oxygen atoms in total. The Hall–Kier alpha value is -4.56. The zero-order valence-electron chi connectivity index (χ0n) is 19.9. The lowest BCUT2D eigenvalue weighted by Crippen LogP contribution is -2.26. The number of halogens is 1. The second kappa shape index (κ2) is 11.9. The summed E-state index contributed by atoms with van der Waals surface area (Å²) < 4.78 is 13.4. The van der Waals surface area contributed by atoms with E-state index in [1.807, 2.05) is 12.1 Å². The van der Waals surface area contributed by atoms with Crippen molar-refractivity contribution < 1.29 is 24.0 Å². The van der Waals surface area contributed by atoms with E-state index in [-0.39, 0.29) is 23.7 Å². The Balaban J connectivity index is 1.40. The van der Waals surface area contributed by atoms with E-state index >= 15 is 0 Å². The van der Waals surface area contributed by atoms with Crippen LogP contribution in [0.4, 0.5) is 4.39 Å². The lowest BCUT2D eigenvalue weighted by Gasteiger charge is -2.10. The van der Waals surface area contributed by atoms with Crippen LogP contribution in [0.15, 0.2) is 78.9 Å². The fourth-order valence-electron chi connectivity index (χ4n) is 3.54. The average Bonchev–Trinajstić information content (AvgIpc) is 3.74. The minimum absolute atomic E-state index is 0.183. The number of hydrogen-bond acceptors (Lipinski definition) is 4. The first-order valence-corrected chi connectivity index (χ1v) is 11.8. The van der Waals surface area contributed by atoms with Crippen LogP contribution < -0.4 is 16.1 Å². The van der Waals surface area contributed by atoms with Crippen molar-refractivity contribution in [3.63, 3.8) is 0 Å². The van der Waals surface area contributed by atoms with Crippen LogP contribution in [-0.4, -0.2) is 29.0 Å². The Morgan fingerprint density at radius 1 is 0.865 bits per heavy atom. The van der Waals surface area contributed by atoms with E-state index in [2.05, 4.69) is 10.6 Å². The van der Waals surface area contributed by atoms with Crippen molar-refractivity contribution in [2.24, 2.45) is 0 Å². The monoisotopic (exact) mass is 499 g/mol. The quantitative estimate of drug-likeness (QED) is 0.154. The number of amides is 3. The van der Waals surface area contributed by atoms with Gasteiger partial charge in [0, 0.05) is 29.8 Å². The van der Waals surface area contributed by atoms with E-state index < -0.39 is 5.91 Å². The zero-order valence-corrected chi connectivity index (χ0v) is 19.9. The topological polar surface area (TPSA) is 108 Å². The van der Waals surface area contributed by atoms with Gasteiger partial charge < -0.3 is 10.6 Å². The maximum Gasteiger partial charge on any atom is 0.267 e. The van der Waals surface area contributed by atoms with E-state index in [0.29, 0.717) is 23.2 Å². The van der Waals surface area contributed by atoms with Crippen molar-refractivity contribution in [2.75, 3.05) is 0 Å². The molecular weight excluding hydrogens is 473 g/mol. The molecule has 4 rings (SSSR count). The van der Waals surface area contributed by atoms with Gasteiger partial charge in [-0.25, -0.2) is 9.87 Å². The second-order valence-corrected chi connectivity index (χ2v) is 8.67. The summed E-state index contributed by atoms with van der Waals surface area (Å²) in [5.41, 5.74) is 5.42. The van der Waals surface area contributed by atoms with Crippen LogP contribution >= 0.6 is 0 Å². The summed E-state index contributed by atoms with van der Waals surface area (Å²) in [5, 5.41) is 14.3. The molecule has 1 aliphatic rings. The van der Waals surface area contributed by atoms with Crippen molar-refractivity contribution in [1.82, 2.24) is 16.1 Å². The molecule has 188 valence electrons. The fourth-order valence-corrected chi connectivity index (χ4v) is 3.54. The van der Waals surface area contributed by atoms with Gasteiger partial charge in [-0.1, -0.05) is 48.5 Å². The van der Waals surface area contributed by atoms with Crippen LogP contribution in [0.1, 0.15) is 45.5 Å². The lowest BCUT2D eigenvalue weighted by atomic mass is 10.0. The molecule has 0 radical (unpaired) electrons. The summed E-state index contributed by atoms with van der Waals surface area (Å²) in [6.45, 7) is 0.317. The number of nitrogens with one attached hydrogen (secondary N) is 3. The van der Waals surface area contributed by atoms with Crippen LogP contribution in [0.5, 0.6) is 0 Å². The molecule has 0 bridgehead atoms. The Morgan fingerprint density at radius 2 is 1.49 bits per heavy atom. The van der Waals surface area contributed by atoms with Crippen LogP contribution in [0.2, 0.25) is 0 Å². The first-order valence-electron chi connectivity index (χ1n) is 11.8. The van der Waals surface area contributed by atoms with Gasteiger partial charge in [-0.3, -0.25) is 19.6 Å². The minimum atomic E-state index is -0.619. The first kappa shape index (κ1) is 25.5. The Bertz CT molecular complexity index is 1330. The highest BCUT2D eigenvalue weighted by molar-refractivity contribution is 6.24. The number of carbonyl (C=O) groups excluding carboxylic acids is 3. The smallest absolute Gasteiger partial charge is 0.267 e. The highest BCUT2D eigenvalue weighted by Gasteiger charge is 2.25. The largest absolute Gasteiger partial charge is 0.349 e. The van der Waals surface area contributed by atoms with E-state index in [1.54, 1.807) is 60.7 Å². The van der Waals surface area contributed by atoms with Crippen molar-refractivity contribution in [3.05, 3.63) is 113 Å². The molecule has 0 saturated heterocycles. The van der Waals surface area contributed by atoms with Gasteiger partial charge in [0.05, 0.1) is 0 Å².